The molecule has 0 aromatic carbocycles. The van der Waals surface area contributed by atoms with E-state index >= 15 is 0 Å². The summed E-state index contributed by atoms with van der Waals surface area (Å²) in [6.45, 7) is 2.45. The second-order valence-corrected chi connectivity index (χ2v) is 7.15. The quantitative estimate of drug-likeness (QED) is 0.925. The zero-order chi connectivity index (χ0) is 12.7. The lowest BCUT2D eigenvalue weighted by Gasteiger charge is -2.14. The molecule has 2 atom stereocenters. The van der Waals surface area contributed by atoms with Crippen LogP contribution in [0.5, 0.6) is 0 Å². The van der Waals surface area contributed by atoms with Gasteiger partial charge in [0.1, 0.15) is 0 Å². The van der Waals surface area contributed by atoms with Crippen LogP contribution in [0.15, 0.2) is 12.1 Å². The maximum atomic E-state index is 11.3. The number of nitrogens with zero attached hydrogens (tertiary/aromatic N) is 1. The van der Waals surface area contributed by atoms with Gasteiger partial charge in [-0.1, -0.05) is 11.6 Å². The third-order valence-electron chi connectivity index (χ3n) is 3.99. The van der Waals surface area contributed by atoms with Gasteiger partial charge in [-0.3, -0.25) is 9.69 Å². The number of hydrogen-bond donors (Lipinski definition) is 1. The molecule has 1 aromatic heterocycles. The Morgan fingerprint density at radius 3 is 2.78 bits per heavy atom. The molecule has 2 heterocycles. The molecule has 0 bridgehead atoms. The summed E-state index contributed by atoms with van der Waals surface area (Å²) in [5.41, 5.74) is 0. The molecule has 3 rings (SSSR count). The predicted octanol–water partition coefficient (Wildman–Crippen LogP) is 2.94. The van der Waals surface area contributed by atoms with Gasteiger partial charge in [0, 0.05) is 24.5 Å². The molecule has 2 fully saturated rings. The molecular formula is C13H16ClNO2S. The minimum Gasteiger partial charge on any atom is -0.481 e. The number of carboxylic acids is 1. The van der Waals surface area contributed by atoms with Crippen molar-refractivity contribution in [1.82, 2.24) is 4.90 Å². The number of thiophene rings is 1. The first kappa shape index (κ1) is 12.5. The third kappa shape index (κ3) is 2.56. The van der Waals surface area contributed by atoms with Crippen molar-refractivity contribution in [2.75, 3.05) is 13.1 Å². The van der Waals surface area contributed by atoms with Gasteiger partial charge in [-0.2, -0.15) is 0 Å². The highest BCUT2D eigenvalue weighted by atomic mass is 35.5. The van der Waals surface area contributed by atoms with E-state index in [4.69, 9.17) is 11.6 Å². The van der Waals surface area contributed by atoms with Crippen LogP contribution in [0.2, 0.25) is 4.34 Å². The molecule has 1 saturated carbocycles. The van der Waals surface area contributed by atoms with E-state index in [1.165, 1.54) is 17.7 Å². The summed E-state index contributed by atoms with van der Waals surface area (Å²) in [7, 11) is 0. The fraction of sp³-hybridized carbons (Fsp3) is 0.615. The number of halogens is 1. The second kappa shape index (κ2) is 4.83. The van der Waals surface area contributed by atoms with E-state index in [-0.39, 0.29) is 5.92 Å². The summed E-state index contributed by atoms with van der Waals surface area (Å²) in [6.07, 6.45) is 2.43. The molecule has 0 spiro atoms. The molecule has 0 radical (unpaired) electrons. The zero-order valence-electron chi connectivity index (χ0n) is 10.0. The van der Waals surface area contributed by atoms with Crippen LogP contribution in [0.4, 0.5) is 0 Å². The Labute approximate surface area is 115 Å². The average molecular weight is 286 g/mol. The smallest absolute Gasteiger partial charge is 0.308 e. The lowest BCUT2D eigenvalue weighted by Crippen LogP contribution is -2.23. The first-order valence-corrected chi connectivity index (χ1v) is 7.52. The van der Waals surface area contributed by atoms with E-state index in [2.05, 4.69) is 4.90 Å². The van der Waals surface area contributed by atoms with E-state index in [9.17, 15) is 9.90 Å². The molecular weight excluding hydrogens is 270 g/mol. The van der Waals surface area contributed by atoms with Crippen LogP contribution >= 0.6 is 22.9 Å². The minimum atomic E-state index is -0.626. The van der Waals surface area contributed by atoms with Gasteiger partial charge in [-0.25, -0.2) is 0 Å². The Kier molecular flexibility index (Phi) is 3.34. The van der Waals surface area contributed by atoms with Crippen LogP contribution in [-0.4, -0.2) is 29.1 Å². The van der Waals surface area contributed by atoms with Crippen molar-refractivity contribution in [2.24, 2.45) is 17.8 Å². The van der Waals surface area contributed by atoms with E-state index in [0.717, 1.165) is 17.4 Å². The summed E-state index contributed by atoms with van der Waals surface area (Å²) in [4.78, 5) is 14.8. The largest absolute Gasteiger partial charge is 0.481 e. The van der Waals surface area contributed by atoms with E-state index in [0.29, 0.717) is 18.4 Å². The monoisotopic (exact) mass is 285 g/mol. The summed E-state index contributed by atoms with van der Waals surface area (Å²) in [6, 6.07) is 3.94. The van der Waals surface area contributed by atoms with Crippen molar-refractivity contribution in [2.45, 2.75) is 19.4 Å². The molecule has 98 valence electrons. The van der Waals surface area contributed by atoms with Crippen LogP contribution in [0, 0.1) is 17.8 Å². The van der Waals surface area contributed by atoms with Gasteiger partial charge >= 0.3 is 5.97 Å². The van der Waals surface area contributed by atoms with Gasteiger partial charge < -0.3 is 5.11 Å². The van der Waals surface area contributed by atoms with Gasteiger partial charge in [-0.05, 0) is 36.8 Å². The first-order chi connectivity index (χ1) is 8.63. The fourth-order valence-electron chi connectivity index (χ4n) is 2.96. The molecule has 5 heteroatoms. The molecule has 1 aliphatic heterocycles. The normalized spacial score (nSPS) is 28.7. The Hall–Kier alpha value is -0.580. The maximum absolute atomic E-state index is 11.3. The van der Waals surface area contributed by atoms with E-state index in [1.807, 2.05) is 12.1 Å². The number of hydrogen-bond acceptors (Lipinski definition) is 3. The third-order valence-corrected chi connectivity index (χ3v) is 5.21. The maximum Gasteiger partial charge on any atom is 0.308 e. The molecule has 1 aliphatic carbocycles. The number of aliphatic carboxylic acids is 1. The number of carboxylic acid groups (broad SMARTS) is 1. The van der Waals surface area contributed by atoms with Crippen molar-refractivity contribution >= 4 is 28.9 Å². The Bertz CT molecular complexity index is 458. The highest BCUT2D eigenvalue weighted by molar-refractivity contribution is 7.16. The first-order valence-electron chi connectivity index (χ1n) is 6.33. The summed E-state index contributed by atoms with van der Waals surface area (Å²) < 4.78 is 0.803. The number of rotatable bonds is 4. The lowest BCUT2D eigenvalue weighted by atomic mass is 9.92. The number of carbonyl (C=O) groups is 1. The van der Waals surface area contributed by atoms with E-state index < -0.39 is 5.97 Å². The minimum absolute atomic E-state index is 0.173. The van der Waals surface area contributed by atoms with Gasteiger partial charge in [0.05, 0.1) is 10.3 Å². The standard InChI is InChI=1S/C13H16ClNO2S/c14-12-4-3-9(18-12)5-15-6-10(8-1-2-8)11(7-15)13(16)17/h3-4,8,10-11H,1-2,5-7H2,(H,16,17)/t10-,11+/m0/s1. The molecule has 1 N–H and O–H groups in total. The Morgan fingerprint density at radius 1 is 1.44 bits per heavy atom. The van der Waals surface area contributed by atoms with E-state index in [1.54, 1.807) is 11.3 Å². The van der Waals surface area contributed by atoms with Crippen molar-refractivity contribution in [3.8, 4) is 0 Å². The molecule has 0 amide bonds. The van der Waals surface area contributed by atoms with Gasteiger partial charge in [0.25, 0.3) is 0 Å². The fourth-order valence-corrected chi connectivity index (χ4v) is 4.09. The molecule has 0 unspecified atom stereocenters. The van der Waals surface area contributed by atoms with Gasteiger partial charge in [-0.15, -0.1) is 11.3 Å². The van der Waals surface area contributed by atoms with Crippen LogP contribution in [0.1, 0.15) is 17.7 Å². The molecule has 2 aliphatic rings. The average Bonchev–Trinajstić information content (AvgIpc) is 2.95. The Morgan fingerprint density at radius 2 is 2.22 bits per heavy atom. The zero-order valence-corrected chi connectivity index (χ0v) is 11.6. The topological polar surface area (TPSA) is 40.5 Å². The number of likely N-dealkylation sites (tertiary alicyclic amines) is 1. The van der Waals surface area contributed by atoms with Gasteiger partial charge in [0.2, 0.25) is 0 Å². The Balaban J connectivity index is 1.66. The van der Waals surface area contributed by atoms with Crippen LogP contribution in [-0.2, 0) is 11.3 Å². The van der Waals surface area contributed by atoms with Crippen molar-refractivity contribution < 1.29 is 9.90 Å². The summed E-state index contributed by atoms with van der Waals surface area (Å²) in [5.74, 6) is 0.215. The van der Waals surface area contributed by atoms with Crippen molar-refractivity contribution in [1.29, 1.82) is 0 Å². The van der Waals surface area contributed by atoms with Crippen LogP contribution in [0.25, 0.3) is 0 Å². The molecule has 1 saturated heterocycles. The van der Waals surface area contributed by atoms with Crippen LogP contribution in [0.3, 0.4) is 0 Å². The second-order valence-electron chi connectivity index (χ2n) is 5.35. The summed E-state index contributed by atoms with van der Waals surface area (Å²) in [5, 5.41) is 9.30. The van der Waals surface area contributed by atoms with Crippen LogP contribution < -0.4 is 0 Å². The highest BCUT2D eigenvalue weighted by Crippen LogP contribution is 2.44. The molecule has 18 heavy (non-hydrogen) atoms. The lowest BCUT2D eigenvalue weighted by molar-refractivity contribution is -0.142. The highest BCUT2D eigenvalue weighted by Gasteiger charge is 2.45. The summed E-state index contributed by atoms with van der Waals surface area (Å²) >= 11 is 7.51. The van der Waals surface area contributed by atoms with Crippen molar-refractivity contribution in [3.05, 3.63) is 21.3 Å². The molecule has 3 nitrogen and oxygen atoms in total. The SMILES string of the molecule is O=C(O)[C@@H]1CN(Cc2ccc(Cl)s2)C[C@H]1C1CC1. The van der Waals surface area contributed by atoms with Crippen molar-refractivity contribution in [3.63, 3.8) is 0 Å². The van der Waals surface area contributed by atoms with Gasteiger partial charge in [0.15, 0.2) is 0 Å². The predicted molar refractivity (Wildman–Crippen MR) is 71.9 cm³/mol. The molecule has 1 aromatic rings.